The zero-order valence-electron chi connectivity index (χ0n) is 16.0. The summed E-state index contributed by atoms with van der Waals surface area (Å²) in [5, 5.41) is 5.38. The minimum absolute atomic E-state index is 0.0887. The lowest BCUT2D eigenvalue weighted by atomic mass is 10.2. The number of thiophene rings is 1. The molecule has 0 aliphatic carbocycles. The molecule has 3 aromatic rings. The van der Waals surface area contributed by atoms with E-state index in [1.165, 1.54) is 25.5 Å². The van der Waals surface area contributed by atoms with Gasteiger partial charge in [0.15, 0.2) is 9.84 Å². The van der Waals surface area contributed by atoms with Gasteiger partial charge in [0.05, 0.1) is 13.4 Å². The van der Waals surface area contributed by atoms with Gasteiger partial charge in [0, 0.05) is 18.7 Å². The third-order valence-corrected chi connectivity index (χ3v) is 7.79. The number of para-hydroxylation sites is 1. The highest BCUT2D eigenvalue weighted by molar-refractivity contribution is 7.93. The zero-order chi connectivity index (χ0) is 21.6. The van der Waals surface area contributed by atoms with E-state index in [4.69, 9.17) is 9.15 Å². The molecule has 0 saturated heterocycles. The van der Waals surface area contributed by atoms with Gasteiger partial charge in [-0.2, -0.15) is 0 Å². The maximum absolute atomic E-state index is 12.9. The lowest BCUT2D eigenvalue weighted by Crippen LogP contribution is -2.42. The smallest absolute Gasteiger partial charge is 0.309 e. The Morgan fingerprint density at radius 2 is 1.83 bits per heavy atom. The van der Waals surface area contributed by atoms with E-state index in [0.29, 0.717) is 11.3 Å². The first-order valence-corrected chi connectivity index (χ1v) is 11.3. The topological polar surface area (TPSA) is 115 Å². The molecule has 1 atom stereocenters. The van der Waals surface area contributed by atoms with Crippen molar-refractivity contribution in [2.24, 2.45) is 0 Å². The Balaban J connectivity index is 1.65. The van der Waals surface area contributed by atoms with E-state index in [9.17, 15) is 18.0 Å². The van der Waals surface area contributed by atoms with Crippen molar-refractivity contribution in [1.29, 1.82) is 0 Å². The minimum Gasteiger partial charge on any atom is -0.496 e. The molecule has 30 heavy (non-hydrogen) atoms. The molecule has 0 fully saturated rings. The van der Waals surface area contributed by atoms with Crippen molar-refractivity contribution < 1.29 is 27.2 Å². The van der Waals surface area contributed by atoms with Gasteiger partial charge in [0.1, 0.15) is 21.0 Å². The molecule has 10 heteroatoms. The standard InChI is InChI=1S/C20H20N2O6S2/c1-27-15-7-3-2-6-14(15)12-21-19(23)20(24)22-13-17(16-8-4-10-28-16)30(25,26)18-9-5-11-29-18/h2-11,17H,12-13H2,1H3,(H,21,23)(H,22,24)/t17-/m0/s1. The first-order valence-electron chi connectivity index (χ1n) is 8.92. The van der Waals surface area contributed by atoms with Crippen LogP contribution in [0.4, 0.5) is 0 Å². The number of hydrogen-bond donors (Lipinski definition) is 2. The minimum atomic E-state index is -3.80. The first kappa shape index (κ1) is 21.6. The van der Waals surface area contributed by atoms with Gasteiger partial charge in [-0.05, 0) is 29.6 Å². The average molecular weight is 449 g/mol. The van der Waals surface area contributed by atoms with Crippen LogP contribution in [0.5, 0.6) is 5.75 Å². The number of carbonyl (C=O) groups is 2. The van der Waals surface area contributed by atoms with Gasteiger partial charge in [-0.1, -0.05) is 24.3 Å². The van der Waals surface area contributed by atoms with Crippen molar-refractivity contribution in [3.63, 3.8) is 0 Å². The lowest BCUT2D eigenvalue weighted by Gasteiger charge is -2.15. The second kappa shape index (κ2) is 9.59. The van der Waals surface area contributed by atoms with Gasteiger partial charge in [0.25, 0.3) is 0 Å². The van der Waals surface area contributed by atoms with Crippen molar-refractivity contribution in [1.82, 2.24) is 10.6 Å². The number of hydrogen-bond acceptors (Lipinski definition) is 7. The lowest BCUT2D eigenvalue weighted by molar-refractivity contribution is -0.139. The van der Waals surface area contributed by atoms with Gasteiger partial charge in [0.2, 0.25) is 0 Å². The summed E-state index contributed by atoms with van der Waals surface area (Å²) in [5.74, 6) is -1.06. The Morgan fingerprint density at radius 3 is 2.50 bits per heavy atom. The molecule has 0 bridgehead atoms. The number of rotatable bonds is 8. The van der Waals surface area contributed by atoms with Crippen molar-refractivity contribution in [3.8, 4) is 5.75 Å². The van der Waals surface area contributed by atoms with E-state index in [1.807, 2.05) is 0 Å². The van der Waals surface area contributed by atoms with Crippen LogP contribution < -0.4 is 15.4 Å². The Labute approximate surface area is 177 Å². The third-order valence-electron chi connectivity index (χ3n) is 4.30. The van der Waals surface area contributed by atoms with E-state index in [2.05, 4.69) is 10.6 Å². The highest BCUT2D eigenvalue weighted by Gasteiger charge is 2.33. The second-order valence-electron chi connectivity index (χ2n) is 6.19. The summed E-state index contributed by atoms with van der Waals surface area (Å²) in [6, 6.07) is 13.3. The van der Waals surface area contributed by atoms with E-state index >= 15 is 0 Å². The second-order valence-corrected chi connectivity index (χ2v) is 9.49. The van der Waals surface area contributed by atoms with Gasteiger partial charge < -0.3 is 19.8 Å². The normalized spacial score (nSPS) is 12.2. The van der Waals surface area contributed by atoms with Gasteiger partial charge in [-0.15, -0.1) is 11.3 Å². The molecule has 3 rings (SSSR count). The van der Waals surface area contributed by atoms with Crippen molar-refractivity contribution in [2.45, 2.75) is 16.0 Å². The van der Waals surface area contributed by atoms with Crippen LogP contribution in [-0.4, -0.2) is 33.9 Å². The SMILES string of the molecule is COc1ccccc1CNC(=O)C(=O)NC[C@@H](c1ccco1)S(=O)(=O)c1cccs1. The average Bonchev–Trinajstić information content (AvgIpc) is 3.46. The Morgan fingerprint density at radius 1 is 1.07 bits per heavy atom. The molecule has 0 radical (unpaired) electrons. The summed E-state index contributed by atoms with van der Waals surface area (Å²) >= 11 is 1.07. The predicted octanol–water partition coefficient (Wildman–Crippen LogP) is 2.30. The fourth-order valence-electron chi connectivity index (χ4n) is 2.77. The molecular formula is C20H20N2O6S2. The molecule has 2 N–H and O–H groups in total. The Hall–Kier alpha value is -3.11. The van der Waals surface area contributed by atoms with Crippen molar-refractivity contribution >= 4 is 33.0 Å². The monoisotopic (exact) mass is 448 g/mol. The molecule has 2 aromatic heterocycles. The van der Waals surface area contributed by atoms with Crippen molar-refractivity contribution in [2.75, 3.05) is 13.7 Å². The molecular weight excluding hydrogens is 428 g/mol. The van der Waals surface area contributed by atoms with Crippen LogP contribution in [0.3, 0.4) is 0 Å². The van der Waals surface area contributed by atoms with Crippen molar-refractivity contribution in [3.05, 3.63) is 71.5 Å². The summed E-state index contributed by atoms with van der Waals surface area (Å²) in [6.45, 7) is -0.222. The number of ether oxygens (including phenoxy) is 1. The maximum atomic E-state index is 12.9. The number of furan rings is 1. The van der Waals surface area contributed by atoms with E-state index < -0.39 is 26.9 Å². The van der Waals surface area contributed by atoms with Crippen LogP contribution in [0.1, 0.15) is 16.6 Å². The van der Waals surface area contributed by atoms with E-state index in [1.54, 1.807) is 41.8 Å². The molecule has 0 aliphatic rings. The number of sulfone groups is 1. The van der Waals surface area contributed by atoms with Crippen LogP contribution in [0.2, 0.25) is 0 Å². The predicted molar refractivity (Wildman–Crippen MR) is 111 cm³/mol. The van der Waals surface area contributed by atoms with Crippen LogP contribution in [0.15, 0.2) is 68.8 Å². The van der Waals surface area contributed by atoms with Crippen LogP contribution in [0.25, 0.3) is 0 Å². The first-order chi connectivity index (χ1) is 14.4. The van der Waals surface area contributed by atoms with Gasteiger partial charge in [-0.25, -0.2) is 8.42 Å². The summed E-state index contributed by atoms with van der Waals surface area (Å²) in [5.41, 5.74) is 0.704. The molecule has 2 heterocycles. The summed E-state index contributed by atoms with van der Waals surface area (Å²) in [6.07, 6.45) is 1.36. The largest absolute Gasteiger partial charge is 0.496 e. The van der Waals surface area contributed by atoms with Gasteiger partial charge >= 0.3 is 11.8 Å². The zero-order valence-corrected chi connectivity index (χ0v) is 17.7. The molecule has 8 nitrogen and oxygen atoms in total. The number of methoxy groups -OCH3 is 1. The van der Waals surface area contributed by atoms with Crippen LogP contribution >= 0.6 is 11.3 Å². The molecule has 2 amide bonds. The summed E-state index contributed by atoms with van der Waals surface area (Å²) < 4.78 is 36.5. The highest BCUT2D eigenvalue weighted by atomic mass is 32.2. The summed E-state index contributed by atoms with van der Waals surface area (Å²) in [7, 11) is -2.29. The quantitative estimate of drug-likeness (QED) is 0.511. The number of benzene rings is 1. The van der Waals surface area contributed by atoms with E-state index in [-0.39, 0.29) is 23.1 Å². The Bertz CT molecular complexity index is 1090. The van der Waals surface area contributed by atoms with Crippen LogP contribution in [-0.2, 0) is 26.0 Å². The fraction of sp³-hybridized carbons (Fsp3) is 0.200. The molecule has 1 aromatic carbocycles. The van der Waals surface area contributed by atoms with Gasteiger partial charge in [-0.3, -0.25) is 9.59 Å². The molecule has 158 valence electrons. The molecule has 0 aliphatic heterocycles. The third kappa shape index (κ3) is 4.89. The fourth-order valence-corrected chi connectivity index (χ4v) is 5.57. The highest BCUT2D eigenvalue weighted by Crippen LogP contribution is 2.31. The number of nitrogens with one attached hydrogen (secondary N) is 2. The van der Waals surface area contributed by atoms with E-state index in [0.717, 1.165) is 11.3 Å². The van der Waals surface area contributed by atoms with Crippen LogP contribution in [0, 0.1) is 0 Å². The summed E-state index contributed by atoms with van der Waals surface area (Å²) in [4.78, 5) is 24.4. The Kier molecular flexibility index (Phi) is 6.91. The maximum Gasteiger partial charge on any atom is 0.309 e. The molecule has 0 saturated carbocycles. The molecule has 0 spiro atoms. The number of amides is 2. The number of carbonyl (C=O) groups excluding carboxylic acids is 2. The molecule has 0 unspecified atom stereocenters.